The van der Waals surface area contributed by atoms with Gasteiger partial charge in [0.05, 0.1) is 18.2 Å². The average Bonchev–Trinajstić information content (AvgIpc) is 2.74. The molecular weight excluding hydrogens is 366 g/mol. The van der Waals surface area contributed by atoms with E-state index in [2.05, 4.69) is 5.32 Å². The van der Waals surface area contributed by atoms with Gasteiger partial charge in [-0.1, -0.05) is 60.7 Å². The number of carbonyl (C=O) groups excluding carboxylic acids is 1. The fourth-order valence-corrected chi connectivity index (χ4v) is 3.49. The van der Waals surface area contributed by atoms with Gasteiger partial charge in [0.1, 0.15) is 11.5 Å². The van der Waals surface area contributed by atoms with Crippen molar-refractivity contribution < 1.29 is 13.9 Å². The highest BCUT2D eigenvalue weighted by Gasteiger charge is 2.22. The van der Waals surface area contributed by atoms with Crippen molar-refractivity contribution in [2.75, 3.05) is 12.4 Å². The highest BCUT2D eigenvalue weighted by atomic mass is 16.5. The first-order valence-electron chi connectivity index (χ1n) is 9.16. The molecule has 3 aromatic carbocycles. The minimum atomic E-state index is -0.541. The van der Waals surface area contributed by atoms with E-state index < -0.39 is 5.63 Å². The number of fused-ring (bicyclic) bond motifs is 1. The Morgan fingerprint density at radius 3 is 2.07 bits per heavy atom. The van der Waals surface area contributed by atoms with Crippen molar-refractivity contribution in [2.24, 2.45) is 0 Å². The minimum absolute atomic E-state index is 0.274. The summed E-state index contributed by atoms with van der Waals surface area (Å²) in [7, 11) is 1.55. The van der Waals surface area contributed by atoms with Gasteiger partial charge in [0.2, 0.25) is 5.91 Å². The summed E-state index contributed by atoms with van der Waals surface area (Å²) >= 11 is 0. The Bertz CT molecular complexity index is 1240. The van der Waals surface area contributed by atoms with Crippen LogP contribution in [-0.2, 0) is 4.79 Å². The highest BCUT2D eigenvalue weighted by Crippen LogP contribution is 2.42. The van der Waals surface area contributed by atoms with Gasteiger partial charge in [0.25, 0.3) is 0 Å². The maximum absolute atomic E-state index is 13.1. The lowest BCUT2D eigenvalue weighted by atomic mass is 9.94. The van der Waals surface area contributed by atoms with E-state index in [4.69, 9.17) is 9.15 Å². The summed E-state index contributed by atoms with van der Waals surface area (Å²) in [6.07, 6.45) is 0. The monoisotopic (exact) mass is 385 g/mol. The van der Waals surface area contributed by atoms with Gasteiger partial charge < -0.3 is 14.5 Å². The molecule has 0 atom stereocenters. The number of hydrogen-bond donors (Lipinski definition) is 1. The van der Waals surface area contributed by atoms with Crippen LogP contribution in [0.15, 0.2) is 82.0 Å². The number of nitrogens with one attached hydrogen (secondary N) is 1. The van der Waals surface area contributed by atoms with Gasteiger partial charge in [-0.25, -0.2) is 4.79 Å². The lowest BCUT2D eigenvalue weighted by molar-refractivity contribution is -0.114. The van der Waals surface area contributed by atoms with Crippen molar-refractivity contribution in [2.45, 2.75) is 6.92 Å². The van der Waals surface area contributed by atoms with Crippen molar-refractivity contribution in [3.63, 3.8) is 0 Å². The number of hydrogen-bond acceptors (Lipinski definition) is 4. The first kappa shape index (κ1) is 18.5. The van der Waals surface area contributed by atoms with Crippen molar-refractivity contribution in [1.29, 1.82) is 0 Å². The van der Waals surface area contributed by atoms with Gasteiger partial charge in [-0.2, -0.15) is 0 Å². The van der Waals surface area contributed by atoms with E-state index in [1.165, 1.54) is 6.92 Å². The molecule has 0 fully saturated rings. The molecule has 4 aromatic rings. The molecule has 0 radical (unpaired) electrons. The maximum atomic E-state index is 13.1. The molecule has 0 spiro atoms. The fourth-order valence-electron chi connectivity index (χ4n) is 3.49. The molecule has 1 amide bonds. The van der Waals surface area contributed by atoms with Gasteiger partial charge >= 0.3 is 5.63 Å². The van der Waals surface area contributed by atoms with E-state index in [-0.39, 0.29) is 11.3 Å². The summed E-state index contributed by atoms with van der Waals surface area (Å²) in [6, 6.07) is 22.5. The van der Waals surface area contributed by atoms with Crippen molar-refractivity contribution in [1.82, 2.24) is 0 Å². The van der Waals surface area contributed by atoms with Crippen LogP contribution in [0.3, 0.4) is 0 Å². The van der Waals surface area contributed by atoms with Crippen molar-refractivity contribution in [3.05, 3.63) is 83.2 Å². The molecule has 0 unspecified atom stereocenters. The van der Waals surface area contributed by atoms with Gasteiger partial charge in [-0.05, 0) is 17.7 Å². The zero-order valence-electron chi connectivity index (χ0n) is 16.1. The number of anilines is 1. The Morgan fingerprint density at radius 1 is 0.862 bits per heavy atom. The molecule has 144 valence electrons. The summed E-state index contributed by atoms with van der Waals surface area (Å²) in [6.45, 7) is 1.40. The Labute approximate surface area is 167 Å². The van der Waals surface area contributed by atoms with Gasteiger partial charge in [0.15, 0.2) is 0 Å². The molecule has 4 rings (SSSR count). The second kappa shape index (κ2) is 7.64. The van der Waals surface area contributed by atoms with Crippen LogP contribution in [-0.4, -0.2) is 13.0 Å². The smallest absolute Gasteiger partial charge is 0.346 e. The molecule has 0 saturated heterocycles. The molecule has 5 heteroatoms. The van der Waals surface area contributed by atoms with E-state index in [1.807, 2.05) is 60.7 Å². The largest absolute Gasteiger partial charge is 0.496 e. The van der Waals surface area contributed by atoms with Crippen LogP contribution in [0.2, 0.25) is 0 Å². The third kappa shape index (κ3) is 3.38. The molecule has 0 aliphatic rings. The fraction of sp³-hybridized carbons (Fsp3) is 0.0833. The van der Waals surface area contributed by atoms with E-state index >= 15 is 0 Å². The van der Waals surface area contributed by atoms with Crippen LogP contribution < -0.4 is 15.7 Å². The quantitative estimate of drug-likeness (QED) is 0.531. The third-order valence-electron chi connectivity index (χ3n) is 4.67. The summed E-state index contributed by atoms with van der Waals surface area (Å²) in [4.78, 5) is 24.7. The Morgan fingerprint density at radius 2 is 1.48 bits per heavy atom. The van der Waals surface area contributed by atoms with Crippen LogP contribution >= 0.6 is 0 Å². The van der Waals surface area contributed by atoms with Crippen LogP contribution in [0, 0.1) is 0 Å². The Kier molecular flexibility index (Phi) is 4.87. The molecule has 29 heavy (non-hydrogen) atoms. The minimum Gasteiger partial charge on any atom is -0.496 e. The first-order chi connectivity index (χ1) is 14.1. The number of amides is 1. The highest BCUT2D eigenvalue weighted by molar-refractivity contribution is 6.11. The summed E-state index contributed by atoms with van der Waals surface area (Å²) in [5.41, 5.74) is 2.23. The third-order valence-corrected chi connectivity index (χ3v) is 4.67. The number of benzene rings is 3. The summed E-state index contributed by atoms with van der Waals surface area (Å²) in [5, 5.41) is 3.60. The molecular formula is C24H19NO4. The molecule has 1 N–H and O–H groups in total. The molecule has 0 aliphatic carbocycles. The van der Waals surface area contributed by atoms with Crippen LogP contribution in [0.25, 0.3) is 33.2 Å². The van der Waals surface area contributed by atoms with Gasteiger partial charge in [-0.3, -0.25) is 4.79 Å². The van der Waals surface area contributed by atoms with Crippen LogP contribution in [0.4, 0.5) is 5.69 Å². The lowest BCUT2D eigenvalue weighted by Crippen LogP contribution is -2.11. The van der Waals surface area contributed by atoms with E-state index in [1.54, 1.807) is 19.2 Å². The van der Waals surface area contributed by atoms with E-state index in [9.17, 15) is 9.59 Å². The topological polar surface area (TPSA) is 68.5 Å². The molecule has 1 aromatic heterocycles. The van der Waals surface area contributed by atoms with Gasteiger partial charge in [-0.15, -0.1) is 0 Å². The lowest BCUT2D eigenvalue weighted by Gasteiger charge is -2.16. The number of methoxy groups -OCH3 is 1. The molecule has 0 aliphatic heterocycles. The normalized spacial score (nSPS) is 10.7. The predicted octanol–water partition coefficient (Wildman–Crippen LogP) is 5.09. The average molecular weight is 385 g/mol. The SMILES string of the molecule is COc1ccc(NC(C)=O)c2c(=O)oc(-c3ccccc3)c(-c3ccccc3)c12. The van der Waals surface area contributed by atoms with Crippen LogP contribution in [0.1, 0.15) is 6.92 Å². The Hall–Kier alpha value is -3.86. The second-order valence-corrected chi connectivity index (χ2v) is 6.57. The number of carbonyl (C=O) groups is 1. The zero-order chi connectivity index (χ0) is 20.4. The number of rotatable bonds is 4. The van der Waals surface area contributed by atoms with Gasteiger partial charge in [0, 0.05) is 23.4 Å². The zero-order valence-corrected chi connectivity index (χ0v) is 16.1. The van der Waals surface area contributed by atoms with E-state index in [0.29, 0.717) is 22.6 Å². The maximum Gasteiger partial charge on any atom is 0.346 e. The predicted molar refractivity (Wildman–Crippen MR) is 114 cm³/mol. The van der Waals surface area contributed by atoms with Crippen LogP contribution in [0.5, 0.6) is 5.75 Å². The number of ether oxygens (including phenoxy) is 1. The van der Waals surface area contributed by atoms with Crippen molar-refractivity contribution in [3.8, 4) is 28.2 Å². The van der Waals surface area contributed by atoms with Crippen molar-refractivity contribution >= 4 is 22.4 Å². The Balaban J connectivity index is 2.21. The first-order valence-corrected chi connectivity index (χ1v) is 9.16. The molecule has 0 bridgehead atoms. The summed E-state index contributed by atoms with van der Waals surface area (Å²) < 4.78 is 11.4. The molecule has 1 heterocycles. The molecule has 5 nitrogen and oxygen atoms in total. The second-order valence-electron chi connectivity index (χ2n) is 6.57. The van der Waals surface area contributed by atoms with E-state index in [0.717, 1.165) is 16.7 Å². The standard InChI is InChI=1S/C24H19NO4/c1-15(26)25-18-13-14-19(28-2)22-20(16-9-5-3-6-10-16)23(29-24(27)21(18)22)17-11-7-4-8-12-17/h3-14H,1-2H3,(H,25,26). The molecule has 0 saturated carbocycles. The summed E-state index contributed by atoms with van der Waals surface area (Å²) in [5.74, 6) is 0.704.